The number of aryl methyl sites for hydroxylation is 1. The second-order valence-corrected chi connectivity index (χ2v) is 7.19. The molecular weight excluding hydrogens is 392 g/mol. The van der Waals surface area contributed by atoms with E-state index in [-0.39, 0.29) is 5.91 Å². The zero-order valence-electron chi connectivity index (χ0n) is 16.7. The summed E-state index contributed by atoms with van der Waals surface area (Å²) in [5, 5.41) is 11.1. The number of amides is 1. The van der Waals surface area contributed by atoms with Gasteiger partial charge in [-0.25, -0.2) is 4.98 Å². The first-order valence-corrected chi connectivity index (χ1v) is 10.1. The molecule has 0 radical (unpaired) electrons. The van der Waals surface area contributed by atoms with Crippen LogP contribution in [0.25, 0.3) is 22.8 Å². The van der Waals surface area contributed by atoms with Crippen LogP contribution in [0.15, 0.2) is 67.1 Å². The van der Waals surface area contributed by atoms with Gasteiger partial charge in [-0.1, -0.05) is 12.1 Å². The Balaban J connectivity index is 1.54. The Labute approximate surface area is 179 Å². The van der Waals surface area contributed by atoms with Crippen molar-refractivity contribution in [2.75, 3.05) is 11.9 Å². The molecule has 0 atom stereocenters. The molecule has 5 rings (SSSR count). The molecule has 4 aromatic rings. The van der Waals surface area contributed by atoms with Gasteiger partial charge in [-0.3, -0.25) is 9.78 Å². The summed E-state index contributed by atoms with van der Waals surface area (Å²) < 4.78 is 7.94. The van der Waals surface area contributed by atoms with Crippen molar-refractivity contribution in [1.82, 2.24) is 24.7 Å². The van der Waals surface area contributed by atoms with E-state index < -0.39 is 0 Å². The Kier molecular flexibility index (Phi) is 5.10. The zero-order valence-corrected chi connectivity index (χ0v) is 16.7. The maximum Gasteiger partial charge on any atom is 0.260 e. The van der Waals surface area contributed by atoms with Crippen LogP contribution in [0.2, 0.25) is 0 Å². The summed E-state index contributed by atoms with van der Waals surface area (Å²) in [5.74, 6) is 1.35. The minimum atomic E-state index is -0.295. The lowest BCUT2D eigenvalue weighted by molar-refractivity contribution is 0.102. The van der Waals surface area contributed by atoms with Gasteiger partial charge >= 0.3 is 0 Å². The van der Waals surface area contributed by atoms with Crippen molar-refractivity contribution in [2.24, 2.45) is 0 Å². The SMILES string of the molecule is O=C1Nc2cccc(n2)-c2nncn2CCCCOc2ccc(-c3ccccn3)cc21. The van der Waals surface area contributed by atoms with Gasteiger partial charge < -0.3 is 14.6 Å². The van der Waals surface area contributed by atoms with E-state index in [0.29, 0.717) is 35.3 Å². The maximum atomic E-state index is 13.2. The smallest absolute Gasteiger partial charge is 0.260 e. The van der Waals surface area contributed by atoms with Crippen LogP contribution < -0.4 is 10.1 Å². The fourth-order valence-electron chi connectivity index (χ4n) is 3.52. The molecular formula is C23H20N6O2. The number of hydrogen-bond acceptors (Lipinski definition) is 6. The summed E-state index contributed by atoms with van der Waals surface area (Å²) in [6, 6.07) is 16.7. The molecule has 0 saturated heterocycles. The van der Waals surface area contributed by atoms with Crippen LogP contribution >= 0.6 is 0 Å². The van der Waals surface area contributed by atoms with Crippen LogP contribution in [0.4, 0.5) is 5.82 Å². The first kappa shape index (κ1) is 18.9. The molecule has 3 aromatic heterocycles. The molecule has 0 saturated carbocycles. The Morgan fingerprint density at radius 1 is 1.00 bits per heavy atom. The molecule has 1 amide bonds. The van der Waals surface area contributed by atoms with E-state index in [1.165, 1.54) is 0 Å². The third kappa shape index (κ3) is 4.00. The lowest BCUT2D eigenvalue weighted by atomic mass is 10.1. The number of hydrogen-bond donors (Lipinski definition) is 1. The lowest BCUT2D eigenvalue weighted by Gasteiger charge is -2.15. The summed E-state index contributed by atoms with van der Waals surface area (Å²) >= 11 is 0. The van der Waals surface area contributed by atoms with Crippen LogP contribution in [0.3, 0.4) is 0 Å². The highest BCUT2D eigenvalue weighted by Crippen LogP contribution is 2.27. The third-order valence-corrected chi connectivity index (χ3v) is 5.07. The average molecular weight is 412 g/mol. The molecule has 1 aliphatic rings. The van der Waals surface area contributed by atoms with Gasteiger partial charge in [0.1, 0.15) is 23.6 Å². The predicted molar refractivity (Wildman–Crippen MR) is 116 cm³/mol. The molecule has 1 N–H and O–H groups in total. The number of ether oxygens (including phenoxy) is 1. The standard InChI is InChI=1S/C23H20N6O2/c30-23-17-14-16(18-6-1-2-11-24-18)9-10-20(17)31-13-4-3-12-29-15-25-28-22(29)19-7-5-8-21(26-19)27-23/h1-2,5-11,14-15H,3-4,12-13H2,(H,26,27,30). The molecule has 1 aromatic carbocycles. The second-order valence-electron chi connectivity index (χ2n) is 7.19. The molecule has 0 fully saturated rings. The van der Waals surface area contributed by atoms with E-state index in [1.54, 1.807) is 24.7 Å². The predicted octanol–water partition coefficient (Wildman–Crippen LogP) is 3.83. The number of aromatic nitrogens is 5. The van der Waals surface area contributed by atoms with Crippen LogP contribution in [0.5, 0.6) is 5.75 Å². The maximum absolute atomic E-state index is 13.2. The van der Waals surface area contributed by atoms with Gasteiger partial charge in [-0.2, -0.15) is 0 Å². The van der Waals surface area contributed by atoms with E-state index in [2.05, 4.69) is 25.5 Å². The van der Waals surface area contributed by atoms with Gasteiger partial charge in [0.2, 0.25) is 0 Å². The van der Waals surface area contributed by atoms with Crippen LogP contribution in [0, 0.1) is 0 Å². The number of fused-ring (bicyclic) bond motifs is 5. The van der Waals surface area contributed by atoms with E-state index >= 15 is 0 Å². The molecule has 2 bridgehead atoms. The van der Waals surface area contributed by atoms with Crippen molar-refractivity contribution in [3.05, 3.63) is 72.7 Å². The molecule has 0 unspecified atom stereocenters. The number of anilines is 1. The van der Waals surface area contributed by atoms with E-state index in [0.717, 1.165) is 30.6 Å². The summed E-state index contributed by atoms with van der Waals surface area (Å²) in [5.41, 5.74) is 2.73. The molecule has 4 heterocycles. The van der Waals surface area contributed by atoms with Crippen molar-refractivity contribution >= 4 is 11.7 Å². The first-order valence-electron chi connectivity index (χ1n) is 10.1. The minimum absolute atomic E-state index is 0.295. The van der Waals surface area contributed by atoms with Gasteiger partial charge in [0.05, 0.1) is 17.9 Å². The quantitative estimate of drug-likeness (QED) is 0.511. The number of nitrogens with one attached hydrogen (secondary N) is 1. The molecule has 8 nitrogen and oxygen atoms in total. The van der Waals surface area contributed by atoms with E-state index in [4.69, 9.17) is 4.74 Å². The topological polar surface area (TPSA) is 94.8 Å². The molecule has 154 valence electrons. The number of benzene rings is 1. The van der Waals surface area contributed by atoms with Gasteiger partial charge in [0, 0.05) is 18.3 Å². The van der Waals surface area contributed by atoms with E-state index in [9.17, 15) is 4.79 Å². The largest absolute Gasteiger partial charge is 0.493 e. The second kappa shape index (κ2) is 8.35. The van der Waals surface area contributed by atoms with Crippen LogP contribution in [0.1, 0.15) is 23.2 Å². The van der Waals surface area contributed by atoms with Crippen molar-refractivity contribution in [1.29, 1.82) is 0 Å². The molecule has 8 heteroatoms. The van der Waals surface area contributed by atoms with Crippen molar-refractivity contribution in [3.8, 4) is 28.5 Å². The Bertz CT molecular complexity index is 1220. The van der Waals surface area contributed by atoms with E-state index in [1.807, 2.05) is 47.0 Å². The summed E-state index contributed by atoms with van der Waals surface area (Å²) in [7, 11) is 0. The number of pyridine rings is 2. The summed E-state index contributed by atoms with van der Waals surface area (Å²) in [4.78, 5) is 22.1. The Hall–Kier alpha value is -4.07. The van der Waals surface area contributed by atoms with Crippen LogP contribution in [-0.4, -0.2) is 37.2 Å². The number of rotatable bonds is 1. The molecule has 31 heavy (non-hydrogen) atoms. The fraction of sp³-hybridized carbons (Fsp3) is 0.174. The van der Waals surface area contributed by atoms with Gasteiger partial charge in [-0.15, -0.1) is 10.2 Å². The Morgan fingerprint density at radius 2 is 1.94 bits per heavy atom. The zero-order chi connectivity index (χ0) is 21.0. The van der Waals surface area contributed by atoms with Crippen molar-refractivity contribution in [3.63, 3.8) is 0 Å². The first-order chi connectivity index (χ1) is 15.3. The summed E-state index contributed by atoms with van der Waals surface area (Å²) in [6.07, 6.45) is 5.14. The normalized spacial score (nSPS) is 13.9. The third-order valence-electron chi connectivity index (χ3n) is 5.07. The molecule has 1 aliphatic heterocycles. The lowest BCUT2D eigenvalue weighted by Crippen LogP contribution is -2.16. The van der Waals surface area contributed by atoms with Gasteiger partial charge in [-0.05, 0) is 55.3 Å². The molecule has 0 aliphatic carbocycles. The van der Waals surface area contributed by atoms with Crippen LogP contribution in [-0.2, 0) is 6.54 Å². The van der Waals surface area contributed by atoms with Crippen molar-refractivity contribution < 1.29 is 9.53 Å². The van der Waals surface area contributed by atoms with Crippen molar-refractivity contribution in [2.45, 2.75) is 19.4 Å². The summed E-state index contributed by atoms with van der Waals surface area (Å²) in [6.45, 7) is 1.26. The fourth-order valence-corrected chi connectivity index (χ4v) is 3.52. The monoisotopic (exact) mass is 412 g/mol. The highest BCUT2D eigenvalue weighted by molar-refractivity contribution is 6.06. The number of nitrogens with zero attached hydrogens (tertiary/aromatic N) is 5. The highest BCUT2D eigenvalue weighted by atomic mass is 16.5. The van der Waals surface area contributed by atoms with Gasteiger partial charge in [0.15, 0.2) is 5.82 Å². The Morgan fingerprint density at radius 3 is 2.84 bits per heavy atom. The molecule has 0 spiro atoms. The minimum Gasteiger partial charge on any atom is -0.493 e. The highest BCUT2D eigenvalue weighted by Gasteiger charge is 2.17. The van der Waals surface area contributed by atoms with Gasteiger partial charge in [0.25, 0.3) is 5.91 Å². The average Bonchev–Trinajstić information content (AvgIpc) is 3.28. The number of carbonyl (C=O) groups excluding carboxylic acids is 1. The number of carbonyl (C=O) groups is 1.